The molecule has 1 atom stereocenters. The first-order chi connectivity index (χ1) is 19.9. The summed E-state index contributed by atoms with van der Waals surface area (Å²) < 4.78 is 7.99. The number of primary amides is 1. The number of nitrogens with two attached hydrogens (primary N) is 1. The fourth-order valence-electron chi connectivity index (χ4n) is 4.33. The predicted octanol–water partition coefficient (Wildman–Crippen LogP) is 4.37. The van der Waals surface area contributed by atoms with Gasteiger partial charge in [-0.25, -0.2) is 4.68 Å². The lowest BCUT2D eigenvalue weighted by Gasteiger charge is -2.16. The molecule has 0 radical (unpaired) electrons. The van der Waals surface area contributed by atoms with E-state index in [1.807, 2.05) is 55.6 Å². The van der Waals surface area contributed by atoms with E-state index in [0.717, 1.165) is 22.4 Å². The second kappa shape index (κ2) is 14.6. The molecule has 4 aromatic rings. The summed E-state index contributed by atoms with van der Waals surface area (Å²) in [5, 5.41) is 11.6. The van der Waals surface area contributed by atoms with Gasteiger partial charge in [0, 0.05) is 36.4 Å². The normalized spacial score (nSPS) is 11.7. The molecule has 214 valence electrons. The van der Waals surface area contributed by atoms with Gasteiger partial charge in [-0.3, -0.25) is 14.6 Å². The standard InChI is InChI=1S/C30H32Cl2N6O3/c1-34-15-13-23-28(21-9-5-14-35-19-21)37-38(22-11-12-24(31)25(32)18-22)30(23)41-16-6-10-27(39)36-26(29(33)40)17-20-7-3-2-4-8-20/h2-5,7-9,11-12,14,18-19,26,34H,6,10,13,15-17H2,1H3,(H2,33,40)(H,36,39)/t26-/m0/s1. The third kappa shape index (κ3) is 8.07. The van der Waals surface area contributed by atoms with Crippen molar-refractivity contribution in [3.8, 4) is 22.8 Å². The Hall–Kier alpha value is -3.92. The van der Waals surface area contributed by atoms with Crippen LogP contribution in [0.25, 0.3) is 16.9 Å². The van der Waals surface area contributed by atoms with E-state index in [-0.39, 0.29) is 18.9 Å². The number of benzene rings is 2. The average molecular weight is 596 g/mol. The fourth-order valence-corrected chi connectivity index (χ4v) is 4.62. The van der Waals surface area contributed by atoms with Crippen molar-refractivity contribution in [2.24, 2.45) is 5.73 Å². The van der Waals surface area contributed by atoms with Crippen molar-refractivity contribution < 1.29 is 14.3 Å². The van der Waals surface area contributed by atoms with Crippen LogP contribution >= 0.6 is 23.2 Å². The highest BCUT2D eigenvalue weighted by molar-refractivity contribution is 6.42. The summed E-state index contributed by atoms with van der Waals surface area (Å²) in [6.07, 6.45) is 4.98. The molecule has 0 aliphatic rings. The Bertz CT molecular complexity index is 1460. The number of ether oxygens (including phenoxy) is 1. The minimum absolute atomic E-state index is 0.154. The van der Waals surface area contributed by atoms with Gasteiger partial charge in [-0.05, 0) is 62.3 Å². The number of hydrogen-bond donors (Lipinski definition) is 3. The molecule has 11 heteroatoms. The molecule has 2 amide bonds. The molecule has 2 heterocycles. The molecular formula is C30H32Cl2N6O3. The highest BCUT2D eigenvalue weighted by Crippen LogP contribution is 2.34. The highest BCUT2D eigenvalue weighted by atomic mass is 35.5. The van der Waals surface area contributed by atoms with Crippen molar-refractivity contribution in [2.75, 3.05) is 20.2 Å². The van der Waals surface area contributed by atoms with Gasteiger partial charge in [-0.15, -0.1) is 0 Å². The minimum Gasteiger partial charge on any atom is -0.477 e. The van der Waals surface area contributed by atoms with Crippen LogP contribution in [0.3, 0.4) is 0 Å². The Labute approximate surface area is 249 Å². The van der Waals surface area contributed by atoms with Crippen molar-refractivity contribution >= 4 is 35.0 Å². The second-order valence-corrected chi connectivity index (χ2v) is 10.2. The molecule has 0 bridgehead atoms. The van der Waals surface area contributed by atoms with Crippen molar-refractivity contribution in [1.29, 1.82) is 0 Å². The molecule has 0 aliphatic carbocycles. The summed E-state index contributed by atoms with van der Waals surface area (Å²) in [5.74, 6) is -0.323. The molecule has 0 spiro atoms. The first kappa shape index (κ1) is 30.0. The molecule has 2 aromatic heterocycles. The summed E-state index contributed by atoms with van der Waals surface area (Å²) in [6, 6.07) is 17.7. The van der Waals surface area contributed by atoms with Gasteiger partial charge in [0.05, 0.1) is 22.3 Å². The smallest absolute Gasteiger partial charge is 0.240 e. The molecule has 4 rings (SSSR count). The lowest BCUT2D eigenvalue weighted by Crippen LogP contribution is -2.45. The van der Waals surface area contributed by atoms with Crippen LogP contribution in [-0.4, -0.2) is 52.8 Å². The average Bonchev–Trinajstić information content (AvgIpc) is 3.34. The van der Waals surface area contributed by atoms with Gasteiger partial charge in [0.1, 0.15) is 11.7 Å². The van der Waals surface area contributed by atoms with Gasteiger partial charge < -0.3 is 21.1 Å². The summed E-state index contributed by atoms with van der Waals surface area (Å²) in [7, 11) is 1.88. The minimum atomic E-state index is -0.794. The number of nitrogens with one attached hydrogen (secondary N) is 2. The molecule has 0 aliphatic heterocycles. The third-order valence-electron chi connectivity index (χ3n) is 6.39. The number of rotatable bonds is 14. The Balaban J connectivity index is 1.51. The van der Waals surface area contributed by atoms with Gasteiger partial charge in [-0.1, -0.05) is 53.5 Å². The molecular weight excluding hydrogens is 563 g/mol. The number of carbonyl (C=O) groups is 2. The zero-order chi connectivity index (χ0) is 29.2. The SMILES string of the molecule is CNCCc1c(-c2cccnc2)nn(-c2ccc(Cl)c(Cl)c2)c1OCCCC(=O)N[C@@H](Cc1ccccc1)C(N)=O. The topological polar surface area (TPSA) is 124 Å². The first-order valence-corrected chi connectivity index (χ1v) is 14.0. The van der Waals surface area contributed by atoms with E-state index >= 15 is 0 Å². The van der Waals surface area contributed by atoms with E-state index in [1.54, 1.807) is 29.2 Å². The molecule has 0 saturated heterocycles. The van der Waals surface area contributed by atoms with E-state index in [2.05, 4.69) is 15.6 Å². The van der Waals surface area contributed by atoms with Crippen LogP contribution in [0.5, 0.6) is 5.88 Å². The highest BCUT2D eigenvalue weighted by Gasteiger charge is 2.23. The van der Waals surface area contributed by atoms with Crippen LogP contribution in [0.1, 0.15) is 24.0 Å². The largest absolute Gasteiger partial charge is 0.477 e. The number of nitrogens with zero attached hydrogens (tertiary/aromatic N) is 3. The first-order valence-electron chi connectivity index (χ1n) is 13.2. The number of halogens is 2. The van der Waals surface area contributed by atoms with Crippen LogP contribution in [-0.2, 0) is 22.4 Å². The summed E-state index contributed by atoms with van der Waals surface area (Å²) >= 11 is 12.5. The van der Waals surface area contributed by atoms with E-state index in [4.69, 9.17) is 38.8 Å². The molecule has 0 unspecified atom stereocenters. The van der Waals surface area contributed by atoms with Crippen molar-refractivity contribution in [2.45, 2.75) is 31.7 Å². The molecule has 0 fully saturated rings. The van der Waals surface area contributed by atoms with Crippen LogP contribution < -0.4 is 21.1 Å². The van der Waals surface area contributed by atoms with Crippen molar-refractivity contribution in [1.82, 2.24) is 25.4 Å². The van der Waals surface area contributed by atoms with Gasteiger partial charge in [0.15, 0.2) is 0 Å². The zero-order valence-electron chi connectivity index (χ0n) is 22.6. The number of amides is 2. The number of likely N-dealkylation sites (N-methyl/N-ethyl adjacent to an activating group) is 1. The van der Waals surface area contributed by atoms with Gasteiger partial charge in [-0.2, -0.15) is 5.10 Å². The van der Waals surface area contributed by atoms with Gasteiger partial charge in [0.25, 0.3) is 0 Å². The predicted molar refractivity (Wildman–Crippen MR) is 160 cm³/mol. The van der Waals surface area contributed by atoms with E-state index in [9.17, 15) is 9.59 Å². The quantitative estimate of drug-likeness (QED) is 0.186. The number of pyridine rings is 1. The van der Waals surface area contributed by atoms with Crippen LogP contribution in [0.4, 0.5) is 0 Å². The van der Waals surface area contributed by atoms with E-state index < -0.39 is 11.9 Å². The van der Waals surface area contributed by atoms with E-state index in [0.29, 0.717) is 47.4 Å². The number of aromatic nitrogens is 3. The molecule has 41 heavy (non-hydrogen) atoms. The maximum Gasteiger partial charge on any atom is 0.240 e. The van der Waals surface area contributed by atoms with Crippen LogP contribution in [0, 0.1) is 0 Å². The Morgan fingerprint density at radius 1 is 1.07 bits per heavy atom. The molecule has 4 N–H and O–H groups in total. The lowest BCUT2D eigenvalue weighted by molar-refractivity contribution is -0.127. The number of carbonyl (C=O) groups excluding carboxylic acids is 2. The van der Waals surface area contributed by atoms with Crippen LogP contribution in [0.15, 0.2) is 73.1 Å². The third-order valence-corrected chi connectivity index (χ3v) is 7.13. The fraction of sp³-hybridized carbons (Fsp3) is 0.267. The van der Waals surface area contributed by atoms with Crippen molar-refractivity contribution in [3.05, 3.63) is 94.2 Å². The molecule has 2 aromatic carbocycles. The second-order valence-electron chi connectivity index (χ2n) is 9.40. The lowest BCUT2D eigenvalue weighted by atomic mass is 10.1. The van der Waals surface area contributed by atoms with Gasteiger partial charge in [0.2, 0.25) is 17.7 Å². The van der Waals surface area contributed by atoms with Crippen LogP contribution in [0.2, 0.25) is 10.0 Å². The summed E-state index contributed by atoms with van der Waals surface area (Å²) in [5.41, 5.74) is 9.60. The zero-order valence-corrected chi connectivity index (χ0v) is 24.2. The van der Waals surface area contributed by atoms with Gasteiger partial charge >= 0.3 is 0 Å². The molecule has 0 saturated carbocycles. The Kier molecular flexibility index (Phi) is 10.7. The van der Waals surface area contributed by atoms with E-state index in [1.165, 1.54) is 0 Å². The Morgan fingerprint density at radius 3 is 2.56 bits per heavy atom. The maximum atomic E-state index is 12.7. The summed E-state index contributed by atoms with van der Waals surface area (Å²) in [4.78, 5) is 28.9. The summed E-state index contributed by atoms with van der Waals surface area (Å²) in [6.45, 7) is 0.925. The maximum absolute atomic E-state index is 12.7. The monoisotopic (exact) mass is 594 g/mol. The van der Waals surface area contributed by atoms with Crippen molar-refractivity contribution in [3.63, 3.8) is 0 Å². The Morgan fingerprint density at radius 2 is 1.88 bits per heavy atom. The number of hydrogen-bond acceptors (Lipinski definition) is 6. The molecule has 9 nitrogen and oxygen atoms in total.